The monoisotopic (exact) mass is 312 g/mol. The zero-order valence-electron chi connectivity index (χ0n) is 14.1. The molecule has 3 rings (SSSR count). The number of hydrogen-bond acceptors (Lipinski definition) is 2. The summed E-state index contributed by atoms with van der Waals surface area (Å²) in [5, 5.41) is 3.01. The summed E-state index contributed by atoms with van der Waals surface area (Å²) in [5.74, 6) is -0.0200. The SMILES string of the molecule is Cc1ccccc1-n1c(C)cc(C(=O)NCC2CCCO2)c1C. The summed E-state index contributed by atoms with van der Waals surface area (Å²) < 4.78 is 7.71. The highest BCUT2D eigenvalue weighted by Gasteiger charge is 2.20. The predicted octanol–water partition coefficient (Wildman–Crippen LogP) is 3.31. The van der Waals surface area contributed by atoms with Crippen LogP contribution in [0.25, 0.3) is 5.69 Å². The lowest BCUT2D eigenvalue weighted by molar-refractivity contribution is 0.0857. The number of ether oxygens (including phenoxy) is 1. The highest BCUT2D eigenvalue weighted by atomic mass is 16.5. The van der Waals surface area contributed by atoms with Crippen molar-refractivity contribution in [3.05, 3.63) is 52.8 Å². The molecule has 1 aliphatic heterocycles. The van der Waals surface area contributed by atoms with Gasteiger partial charge in [0.25, 0.3) is 5.91 Å². The highest BCUT2D eigenvalue weighted by Crippen LogP contribution is 2.23. The van der Waals surface area contributed by atoms with E-state index in [0.717, 1.165) is 42.1 Å². The fourth-order valence-electron chi connectivity index (χ4n) is 3.28. The van der Waals surface area contributed by atoms with Crippen LogP contribution in [0, 0.1) is 20.8 Å². The first-order chi connectivity index (χ1) is 11.1. The van der Waals surface area contributed by atoms with Crippen LogP contribution in [0.15, 0.2) is 30.3 Å². The van der Waals surface area contributed by atoms with Gasteiger partial charge in [0.1, 0.15) is 0 Å². The maximum atomic E-state index is 12.5. The molecule has 1 aliphatic rings. The van der Waals surface area contributed by atoms with Gasteiger partial charge in [0, 0.05) is 30.2 Å². The van der Waals surface area contributed by atoms with E-state index in [2.05, 4.69) is 28.9 Å². The van der Waals surface area contributed by atoms with E-state index in [1.165, 1.54) is 5.56 Å². The summed E-state index contributed by atoms with van der Waals surface area (Å²) in [4.78, 5) is 12.5. The third kappa shape index (κ3) is 3.17. The summed E-state index contributed by atoms with van der Waals surface area (Å²) >= 11 is 0. The minimum Gasteiger partial charge on any atom is -0.376 e. The van der Waals surface area contributed by atoms with Crippen molar-refractivity contribution >= 4 is 5.91 Å². The maximum Gasteiger partial charge on any atom is 0.253 e. The second-order valence-corrected chi connectivity index (χ2v) is 6.25. The second-order valence-electron chi connectivity index (χ2n) is 6.25. The van der Waals surface area contributed by atoms with Crippen LogP contribution in [0.3, 0.4) is 0 Å². The van der Waals surface area contributed by atoms with Crippen LogP contribution >= 0.6 is 0 Å². The first-order valence-corrected chi connectivity index (χ1v) is 8.22. The topological polar surface area (TPSA) is 43.3 Å². The molecular weight excluding hydrogens is 288 g/mol. The van der Waals surface area contributed by atoms with Crippen molar-refractivity contribution in [2.24, 2.45) is 0 Å². The van der Waals surface area contributed by atoms with E-state index in [-0.39, 0.29) is 12.0 Å². The van der Waals surface area contributed by atoms with Crippen molar-refractivity contribution < 1.29 is 9.53 Å². The van der Waals surface area contributed by atoms with Gasteiger partial charge in [-0.3, -0.25) is 4.79 Å². The number of carbonyl (C=O) groups excluding carboxylic acids is 1. The van der Waals surface area contributed by atoms with Crippen LogP contribution in [0.5, 0.6) is 0 Å². The minimum atomic E-state index is -0.0200. The number of aromatic nitrogens is 1. The van der Waals surface area contributed by atoms with E-state index < -0.39 is 0 Å². The van der Waals surface area contributed by atoms with E-state index in [1.807, 2.05) is 32.0 Å². The number of amides is 1. The Morgan fingerprint density at radius 2 is 2.09 bits per heavy atom. The van der Waals surface area contributed by atoms with Crippen molar-refractivity contribution in [1.29, 1.82) is 0 Å². The largest absolute Gasteiger partial charge is 0.376 e. The number of rotatable bonds is 4. The molecule has 1 unspecified atom stereocenters. The third-order valence-electron chi connectivity index (χ3n) is 4.55. The van der Waals surface area contributed by atoms with Gasteiger partial charge in [-0.2, -0.15) is 0 Å². The first-order valence-electron chi connectivity index (χ1n) is 8.22. The van der Waals surface area contributed by atoms with Gasteiger partial charge in [0.15, 0.2) is 0 Å². The molecule has 1 aromatic carbocycles. The van der Waals surface area contributed by atoms with Crippen molar-refractivity contribution in [2.75, 3.05) is 13.2 Å². The lowest BCUT2D eigenvalue weighted by Gasteiger charge is -2.13. The van der Waals surface area contributed by atoms with Gasteiger partial charge in [-0.05, 0) is 51.3 Å². The molecule has 0 aliphatic carbocycles. The predicted molar refractivity (Wildman–Crippen MR) is 91.3 cm³/mol. The summed E-state index contributed by atoms with van der Waals surface area (Å²) in [7, 11) is 0. The molecule has 0 saturated carbocycles. The number of nitrogens with zero attached hydrogens (tertiary/aromatic N) is 1. The molecule has 4 nitrogen and oxygen atoms in total. The number of benzene rings is 1. The average Bonchev–Trinajstić information content (AvgIpc) is 3.14. The van der Waals surface area contributed by atoms with Crippen LogP contribution in [-0.4, -0.2) is 29.7 Å². The maximum absolute atomic E-state index is 12.5. The van der Waals surface area contributed by atoms with Gasteiger partial charge in [-0.25, -0.2) is 0 Å². The molecule has 23 heavy (non-hydrogen) atoms. The second kappa shape index (κ2) is 6.59. The molecule has 1 aromatic heterocycles. The fourth-order valence-corrected chi connectivity index (χ4v) is 3.28. The Labute approximate surface area is 137 Å². The Morgan fingerprint density at radius 1 is 1.30 bits per heavy atom. The molecule has 0 radical (unpaired) electrons. The standard InChI is InChI=1S/C19H24N2O2/c1-13-7-4-5-9-18(13)21-14(2)11-17(15(21)3)19(22)20-12-16-8-6-10-23-16/h4-5,7,9,11,16H,6,8,10,12H2,1-3H3,(H,20,22). The van der Waals surface area contributed by atoms with E-state index in [1.54, 1.807) is 0 Å². The van der Waals surface area contributed by atoms with Crippen molar-refractivity contribution in [3.8, 4) is 5.69 Å². The molecular formula is C19H24N2O2. The van der Waals surface area contributed by atoms with E-state index >= 15 is 0 Å². The molecule has 1 saturated heterocycles. The van der Waals surface area contributed by atoms with Crippen LogP contribution in [0.2, 0.25) is 0 Å². The molecule has 1 amide bonds. The minimum absolute atomic E-state index is 0.0200. The number of carbonyl (C=O) groups is 1. The number of para-hydroxylation sites is 1. The lowest BCUT2D eigenvalue weighted by Crippen LogP contribution is -2.32. The number of nitrogens with one attached hydrogen (secondary N) is 1. The Kier molecular flexibility index (Phi) is 4.53. The Hall–Kier alpha value is -2.07. The zero-order valence-corrected chi connectivity index (χ0v) is 14.1. The third-order valence-corrected chi connectivity index (χ3v) is 4.55. The Morgan fingerprint density at radius 3 is 2.78 bits per heavy atom. The quantitative estimate of drug-likeness (QED) is 0.941. The smallest absolute Gasteiger partial charge is 0.253 e. The zero-order chi connectivity index (χ0) is 16.4. The van der Waals surface area contributed by atoms with Crippen LogP contribution in [-0.2, 0) is 4.74 Å². The van der Waals surface area contributed by atoms with Crippen molar-refractivity contribution in [3.63, 3.8) is 0 Å². The summed E-state index contributed by atoms with van der Waals surface area (Å²) in [6, 6.07) is 10.2. The van der Waals surface area contributed by atoms with E-state index in [0.29, 0.717) is 6.54 Å². The van der Waals surface area contributed by atoms with Gasteiger partial charge in [0.05, 0.1) is 11.7 Å². The lowest BCUT2D eigenvalue weighted by atomic mass is 10.2. The van der Waals surface area contributed by atoms with E-state index in [4.69, 9.17) is 4.74 Å². The van der Waals surface area contributed by atoms with Crippen molar-refractivity contribution in [1.82, 2.24) is 9.88 Å². The van der Waals surface area contributed by atoms with Gasteiger partial charge < -0.3 is 14.6 Å². The molecule has 1 N–H and O–H groups in total. The molecule has 1 atom stereocenters. The fraction of sp³-hybridized carbons (Fsp3) is 0.421. The van der Waals surface area contributed by atoms with Crippen LogP contribution in [0.4, 0.5) is 0 Å². The van der Waals surface area contributed by atoms with E-state index in [9.17, 15) is 4.79 Å². The summed E-state index contributed by atoms with van der Waals surface area (Å²) in [6.07, 6.45) is 2.28. The van der Waals surface area contributed by atoms with Gasteiger partial charge >= 0.3 is 0 Å². The number of hydrogen-bond donors (Lipinski definition) is 1. The van der Waals surface area contributed by atoms with Crippen LogP contribution in [0.1, 0.15) is 40.2 Å². The van der Waals surface area contributed by atoms with Gasteiger partial charge in [-0.15, -0.1) is 0 Å². The van der Waals surface area contributed by atoms with Crippen molar-refractivity contribution in [2.45, 2.75) is 39.7 Å². The molecule has 122 valence electrons. The molecule has 4 heteroatoms. The molecule has 2 aromatic rings. The molecule has 1 fully saturated rings. The normalized spacial score (nSPS) is 17.4. The Balaban J connectivity index is 1.82. The molecule has 0 bridgehead atoms. The van der Waals surface area contributed by atoms with Gasteiger partial charge in [0.2, 0.25) is 0 Å². The number of aryl methyl sites for hydroxylation is 2. The summed E-state index contributed by atoms with van der Waals surface area (Å²) in [6.45, 7) is 7.53. The molecule has 2 heterocycles. The van der Waals surface area contributed by atoms with Gasteiger partial charge in [-0.1, -0.05) is 18.2 Å². The Bertz CT molecular complexity index is 712. The molecule has 0 spiro atoms. The van der Waals surface area contributed by atoms with Crippen LogP contribution < -0.4 is 5.32 Å². The summed E-state index contributed by atoms with van der Waals surface area (Å²) in [5.41, 5.74) is 5.10. The average molecular weight is 312 g/mol. The first kappa shape index (κ1) is 15.8. The highest BCUT2D eigenvalue weighted by molar-refractivity contribution is 5.96.